The van der Waals surface area contributed by atoms with Crippen molar-refractivity contribution < 1.29 is 9.21 Å². The largest absolute Gasteiger partial charge is 0.461 e. The molecule has 1 atom stereocenters. The number of carbonyl (C=O) groups is 1. The third kappa shape index (κ3) is 4.11. The molecule has 0 aliphatic carbocycles. The highest BCUT2D eigenvalue weighted by Gasteiger charge is 2.19. The normalized spacial score (nSPS) is 17.0. The fourth-order valence-corrected chi connectivity index (χ4v) is 3.41. The summed E-state index contributed by atoms with van der Waals surface area (Å²) in [5.41, 5.74) is 2.07. The minimum atomic E-state index is 0. The first kappa shape index (κ1) is 18.8. The average Bonchev–Trinajstić information content (AvgIpc) is 3.20. The molecule has 1 unspecified atom stereocenters. The molecule has 0 saturated carbocycles. The van der Waals surface area contributed by atoms with E-state index in [2.05, 4.69) is 18.3 Å². The van der Waals surface area contributed by atoms with Crippen molar-refractivity contribution in [3.8, 4) is 0 Å². The van der Waals surface area contributed by atoms with Crippen LogP contribution in [-0.4, -0.2) is 30.9 Å². The van der Waals surface area contributed by atoms with Crippen LogP contribution in [0.4, 0.5) is 0 Å². The Balaban J connectivity index is 0.00000208. The lowest BCUT2D eigenvalue weighted by molar-refractivity contribution is -0.130. The van der Waals surface area contributed by atoms with Crippen molar-refractivity contribution in [2.24, 2.45) is 5.92 Å². The van der Waals surface area contributed by atoms with Gasteiger partial charge in [-0.05, 0) is 37.9 Å². The molecule has 1 fully saturated rings. The molecule has 1 saturated heterocycles. The van der Waals surface area contributed by atoms with Crippen LogP contribution in [0.25, 0.3) is 11.0 Å². The first-order chi connectivity index (χ1) is 11.2. The van der Waals surface area contributed by atoms with Gasteiger partial charge in [0.2, 0.25) is 5.91 Å². The van der Waals surface area contributed by atoms with Crippen LogP contribution in [0, 0.1) is 5.92 Å². The predicted octanol–water partition coefficient (Wildman–Crippen LogP) is 3.77. The SMILES string of the molecule is CCc1oc2ccccc2c1CN(C)C(=O)CCC1CCNC1.Cl. The number of hydrogen-bond acceptors (Lipinski definition) is 3. The van der Waals surface area contributed by atoms with E-state index in [9.17, 15) is 4.79 Å². The van der Waals surface area contributed by atoms with E-state index in [1.165, 1.54) is 6.42 Å². The highest BCUT2D eigenvalue weighted by molar-refractivity contribution is 5.85. The van der Waals surface area contributed by atoms with Crippen LogP contribution in [0.1, 0.15) is 37.5 Å². The van der Waals surface area contributed by atoms with Gasteiger partial charge in [-0.2, -0.15) is 0 Å². The van der Waals surface area contributed by atoms with E-state index in [-0.39, 0.29) is 18.3 Å². The number of fused-ring (bicyclic) bond motifs is 1. The third-order valence-electron chi connectivity index (χ3n) is 4.85. The van der Waals surface area contributed by atoms with E-state index < -0.39 is 0 Å². The highest BCUT2D eigenvalue weighted by Crippen LogP contribution is 2.27. The van der Waals surface area contributed by atoms with Crippen molar-refractivity contribution >= 4 is 29.3 Å². The van der Waals surface area contributed by atoms with Gasteiger partial charge < -0.3 is 14.6 Å². The van der Waals surface area contributed by atoms with Crippen molar-refractivity contribution in [2.45, 2.75) is 39.2 Å². The zero-order valence-corrected chi connectivity index (χ0v) is 15.3. The Bertz CT molecular complexity index is 677. The summed E-state index contributed by atoms with van der Waals surface area (Å²) in [6, 6.07) is 8.08. The van der Waals surface area contributed by atoms with E-state index in [1.54, 1.807) is 0 Å². The molecule has 132 valence electrons. The summed E-state index contributed by atoms with van der Waals surface area (Å²) < 4.78 is 5.92. The number of halogens is 1. The number of nitrogens with zero attached hydrogens (tertiary/aromatic N) is 1. The second kappa shape index (κ2) is 8.54. The van der Waals surface area contributed by atoms with Gasteiger partial charge in [-0.15, -0.1) is 12.4 Å². The second-order valence-corrected chi connectivity index (χ2v) is 6.50. The van der Waals surface area contributed by atoms with Crippen LogP contribution in [0.3, 0.4) is 0 Å². The molecule has 0 bridgehead atoms. The maximum Gasteiger partial charge on any atom is 0.222 e. The van der Waals surface area contributed by atoms with E-state index >= 15 is 0 Å². The van der Waals surface area contributed by atoms with Crippen LogP contribution < -0.4 is 5.32 Å². The van der Waals surface area contributed by atoms with Gasteiger partial charge in [0.15, 0.2) is 0 Å². The summed E-state index contributed by atoms with van der Waals surface area (Å²) in [5, 5.41) is 4.49. The van der Waals surface area contributed by atoms with Crippen molar-refractivity contribution in [3.63, 3.8) is 0 Å². The average molecular weight is 351 g/mol. The summed E-state index contributed by atoms with van der Waals surface area (Å²) in [7, 11) is 1.90. The molecule has 1 aliphatic rings. The first-order valence-corrected chi connectivity index (χ1v) is 8.63. The molecule has 0 radical (unpaired) electrons. The number of rotatable bonds is 6. The summed E-state index contributed by atoms with van der Waals surface area (Å²) in [6.45, 7) is 4.87. The quantitative estimate of drug-likeness (QED) is 0.862. The number of furan rings is 1. The lowest BCUT2D eigenvalue weighted by Gasteiger charge is -2.18. The molecule has 1 aromatic carbocycles. The number of hydrogen-bond donors (Lipinski definition) is 1. The lowest BCUT2D eigenvalue weighted by atomic mass is 10.0. The van der Waals surface area contributed by atoms with Crippen molar-refractivity contribution in [3.05, 3.63) is 35.6 Å². The van der Waals surface area contributed by atoms with Gasteiger partial charge in [0, 0.05) is 37.4 Å². The number of nitrogens with one attached hydrogen (secondary N) is 1. The molecular weight excluding hydrogens is 324 g/mol. The van der Waals surface area contributed by atoms with Crippen LogP contribution in [0.5, 0.6) is 0 Å². The summed E-state index contributed by atoms with van der Waals surface area (Å²) in [5.74, 6) is 1.88. The van der Waals surface area contributed by atoms with E-state index in [4.69, 9.17) is 4.42 Å². The number of amides is 1. The molecule has 5 heteroatoms. The van der Waals surface area contributed by atoms with Gasteiger partial charge in [-0.25, -0.2) is 0 Å². The lowest BCUT2D eigenvalue weighted by Crippen LogP contribution is -2.27. The molecule has 4 nitrogen and oxygen atoms in total. The van der Waals surface area contributed by atoms with E-state index in [0.29, 0.717) is 18.9 Å². The van der Waals surface area contributed by atoms with Crippen molar-refractivity contribution in [1.82, 2.24) is 10.2 Å². The van der Waals surface area contributed by atoms with Gasteiger partial charge in [-0.1, -0.05) is 25.1 Å². The number of aryl methyl sites for hydroxylation is 1. The minimum Gasteiger partial charge on any atom is -0.461 e. The molecule has 1 aromatic heterocycles. The Hall–Kier alpha value is -1.52. The molecule has 1 aliphatic heterocycles. The molecule has 1 N–H and O–H groups in total. The number of carbonyl (C=O) groups excluding carboxylic acids is 1. The standard InChI is InChI=1S/C19H26N2O2.ClH/c1-3-17-16(15-6-4-5-7-18(15)23-17)13-21(2)19(22)9-8-14-10-11-20-12-14;/h4-7,14,20H,3,8-13H2,1-2H3;1H. The van der Waals surface area contributed by atoms with Crippen molar-refractivity contribution in [2.75, 3.05) is 20.1 Å². The molecule has 2 heterocycles. The van der Waals surface area contributed by atoms with E-state index in [0.717, 1.165) is 48.2 Å². The Morgan fingerprint density at radius 3 is 2.88 bits per heavy atom. The smallest absolute Gasteiger partial charge is 0.222 e. The minimum absolute atomic E-state index is 0. The highest BCUT2D eigenvalue weighted by atomic mass is 35.5. The van der Waals surface area contributed by atoms with Gasteiger partial charge in [0.25, 0.3) is 0 Å². The zero-order valence-electron chi connectivity index (χ0n) is 14.5. The van der Waals surface area contributed by atoms with Crippen LogP contribution >= 0.6 is 12.4 Å². The van der Waals surface area contributed by atoms with Gasteiger partial charge >= 0.3 is 0 Å². The van der Waals surface area contributed by atoms with Gasteiger partial charge in [0.05, 0.1) is 0 Å². The molecular formula is C19H27ClN2O2. The number of para-hydroxylation sites is 1. The molecule has 0 spiro atoms. The maximum absolute atomic E-state index is 12.4. The second-order valence-electron chi connectivity index (χ2n) is 6.50. The summed E-state index contributed by atoms with van der Waals surface area (Å²) in [4.78, 5) is 14.3. The molecule has 2 aromatic rings. The molecule has 3 rings (SSSR count). The predicted molar refractivity (Wildman–Crippen MR) is 99.5 cm³/mol. The van der Waals surface area contributed by atoms with Gasteiger partial charge in [0.1, 0.15) is 11.3 Å². The Morgan fingerprint density at radius 2 is 2.17 bits per heavy atom. The molecule has 24 heavy (non-hydrogen) atoms. The van der Waals surface area contributed by atoms with E-state index in [1.807, 2.05) is 30.1 Å². The number of benzene rings is 1. The van der Waals surface area contributed by atoms with Crippen LogP contribution in [-0.2, 0) is 17.8 Å². The first-order valence-electron chi connectivity index (χ1n) is 8.63. The van der Waals surface area contributed by atoms with Crippen LogP contribution in [0.2, 0.25) is 0 Å². The Morgan fingerprint density at radius 1 is 1.38 bits per heavy atom. The maximum atomic E-state index is 12.4. The fraction of sp³-hybridized carbons (Fsp3) is 0.526. The van der Waals surface area contributed by atoms with Gasteiger partial charge in [-0.3, -0.25) is 4.79 Å². The molecule has 1 amide bonds. The fourth-order valence-electron chi connectivity index (χ4n) is 3.41. The summed E-state index contributed by atoms with van der Waals surface area (Å²) in [6.07, 6.45) is 3.67. The Labute approximate surface area is 150 Å². The monoisotopic (exact) mass is 350 g/mol. The zero-order chi connectivity index (χ0) is 16.2. The third-order valence-corrected chi connectivity index (χ3v) is 4.85. The summed E-state index contributed by atoms with van der Waals surface area (Å²) >= 11 is 0. The topological polar surface area (TPSA) is 45.5 Å². The van der Waals surface area contributed by atoms with Crippen LogP contribution in [0.15, 0.2) is 28.7 Å². The Kier molecular flexibility index (Phi) is 6.69. The van der Waals surface area contributed by atoms with Crippen molar-refractivity contribution in [1.29, 1.82) is 0 Å².